The topological polar surface area (TPSA) is 49.8 Å². The second-order valence-electron chi connectivity index (χ2n) is 4.09. The van der Waals surface area contributed by atoms with Gasteiger partial charge in [-0.3, -0.25) is 0 Å². The van der Waals surface area contributed by atoms with Crippen molar-refractivity contribution in [2.75, 3.05) is 6.16 Å². The Hall–Kier alpha value is -0.900. The molecule has 1 heterocycles. The molecule has 3 heteroatoms. The molecular weight excluding hydrogens is 203 g/mol. The van der Waals surface area contributed by atoms with Gasteiger partial charge in [0.1, 0.15) is 0 Å². The van der Waals surface area contributed by atoms with Crippen molar-refractivity contribution in [3.8, 4) is 6.07 Å². The maximum Gasteiger partial charge on any atom is 0.0860 e. The van der Waals surface area contributed by atoms with Crippen LogP contribution in [0.25, 0.3) is 0 Å². The summed E-state index contributed by atoms with van der Waals surface area (Å²) in [5.41, 5.74) is 6.78. The highest BCUT2D eigenvalue weighted by Gasteiger charge is 2.35. The van der Waals surface area contributed by atoms with E-state index in [2.05, 4.69) is 18.2 Å². The molecule has 1 aliphatic rings. The van der Waals surface area contributed by atoms with E-state index in [-0.39, 0.29) is 5.41 Å². The third-order valence-corrected chi connectivity index (χ3v) is 4.71. The van der Waals surface area contributed by atoms with Crippen LogP contribution in [0.4, 0.5) is 0 Å². The average molecular weight is 218 g/mol. The van der Waals surface area contributed by atoms with Crippen LogP contribution >= 0.6 is 8.58 Å². The van der Waals surface area contributed by atoms with Crippen LogP contribution in [0.1, 0.15) is 18.4 Å². The summed E-state index contributed by atoms with van der Waals surface area (Å²) in [5.74, 6) is 0.315. The number of hydrogen-bond donors (Lipinski definition) is 1. The molecule has 0 aliphatic carbocycles. The van der Waals surface area contributed by atoms with Gasteiger partial charge in [0.15, 0.2) is 0 Å². The highest BCUT2D eigenvalue weighted by Crippen LogP contribution is 2.41. The third kappa shape index (κ3) is 2.04. The van der Waals surface area contributed by atoms with E-state index < -0.39 is 0 Å². The Morgan fingerprint density at radius 1 is 1.40 bits per heavy atom. The highest BCUT2D eigenvalue weighted by molar-refractivity contribution is 7.39. The van der Waals surface area contributed by atoms with Gasteiger partial charge in [-0.25, -0.2) is 0 Å². The van der Waals surface area contributed by atoms with Crippen molar-refractivity contribution >= 4 is 8.58 Å². The minimum Gasteiger partial charge on any atom is -0.324 e. The molecule has 1 aliphatic heterocycles. The van der Waals surface area contributed by atoms with Gasteiger partial charge in [0, 0.05) is 5.78 Å². The summed E-state index contributed by atoms with van der Waals surface area (Å²) in [6.45, 7) is 0. The van der Waals surface area contributed by atoms with E-state index in [4.69, 9.17) is 5.73 Å². The molecule has 78 valence electrons. The van der Waals surface area contributed by atoms with Crippen molar-refractivity contribution in [3.63, 3.8) is 0 Å². The van der Waals surface area contributed by atoms with E-state index in [1.807, 2.05) is 18.2 Å². The van der Waals surface area contributed by atoms with Crippen molar-refractivity contribution in [1.29, 1.82) is 5.26 Å². The Balaban J connectivity index is 2.28. The Morgan fingerprint density at radius 3 is 2.67 bits per heavy atom. The predicted octanol–water partition coefficient (Wildman–Crippen LogP) is 2.21. The van der Waals surface area contributed by atoms with Crippen LogP contribution in [0, 0.1) is 11.3 Å². The first-order valence-electron chi connectivity index (χ1n) is 5.23. The lowest BCUT2D eigenvalue weighted by Crippen LogP contribution is -2.35. The van der Waals surface area contributed by atoms with Gasteiger partial charge in [-0.15, -0.1) is 8.58 Å². The van der Waals surface area contributed by atoms with E-state index in [0.717, 1.165) is 24.6 Å². The van der Waals surface area contributed by atoms with E-state index in [0.29, 0.717) is 14.4 Å². The van der Waals surface area contributed by atoms with Crippen LogP contribution < -0.4 is 5.73 Å². The molecule has 1 saturated heterocycles. The number of nitrogens with two attached hydrogens (primary N) is 1. The Bertz CT molecular complexity index is 361. The largest absolute Gasteiger partial charge is 0.324 e. The number of benzene rings is 1. The number of rotatable bonds is 1. The van der Waals surface area contributed by atoms with E-state index in [1.165, 1.54) is 0 Å². The fourth-order valence-electron chi connectivity index (χ4n) is 2.06. The molecule has 0 amide bonds. The summed E-state index contributed by atoms with van der Waals surface area (Å²) in [6, 6.07) is 12.6. The molecule has 3 atom stereocenters. The summed E-state index contributed by atoms with van der Waals surface area (Å²) in [5, 5.41) is 9.39. The molecule has 0 bridgehead atoms. The maximum absolute atomic E-state index is 9.39. The van der Waals surface area contributed by atoms with E-state index in [1.54, 1.807) is 0 Å². The van der Waals surface area contributed by atoms with Crippen LogP contribution in [0.15, 0.2) is 30.3 Å². The van der Waals surface area contributed by atoms with Crippen LogP contribution in [0.5, 0.6) is 0 Å². The number of hydrogen-bond acceptors (Lipinski definition) is 2. The lowest BCUT2D eigenvalue weighted by molar-refractivity contribution is 0.505. The molecule has 1 aromatic carbocycles. The van der Waals surface area contributed by atoms with Gasteiger partial charge in [0.25, 0.3) is 0 Å². The first-order chi connectivity index (χ1) is 7.27. The minimum absolute atomic E-state index is 0.268. The average Bonchev–Trinajstić information content (AvgIpc) is 2.32. The monoisotopic (exact) mass is 218 g/mol. The van der Waals surface area contributed by atoms with Crippen LogP contribution in [0.2, 0.25) is 0 Å². The first kappa shape index (κ1) is 10.6. The van der Waals surface area contributed by atoms with Crippen LogP contribution in [-0.2, 0) is 5.41 Å². The number of nitrogens with zero attached hydrogens (tertiary/aromatic N) is 1. The lowest BCUT2D eigenvalue weighted by atomic mass is 9.79. The summed E-state index contributed by atoms with van der Waals surface area (Å²) < 4.78 is 0. The zero-order valence-corrected chi connectivity index (χ0v) is 9.61. The van der Waals surface area contributed by atoms with Gasteiger partial charge in [0.05, 0.1) is 11.5 Å². The van der Waals surface area contributed by atoms with Gasteiger partial charge in [-0.2, -0.15) is 5.26 Å². The zero-order chi connectivity index (χ0) is 10.7. The van der Waals surface area contributed by atoms with E-state index in [9.17, 15) is 5.26 Å². The molecule has 1 unspecified atom stereocenters. The Morgan fingerprint density at radius 2 is 2.13 bits per heavy atom. The van der Waals surface area contributed by atoms with Crippen molar-refractivity contribution in [2.24, 2.45) is 5.73 Å². The molecule has 2 nitrogen and oxygen atoms in total. The molecule has 0 spiro atoms. The molecule has 2 N–H and O–H groups in total. The molecule has 0 aromatic heterocycles. The minimum atomic E-state index is -0.268. The van der Waals surface area contributed by atoms with Gasteiger partial charge in [-0.1, -0.05) is 30.3 Å². The van der Waals surface area contributed by atoms with Crippen molar-refractivity contribution in [2.45, 2.75) is 24.0 Å². The van der Waals surface area contributed by atoms with Gasteiger partial charge >= 0.3 is 0 Å². The summed E-state index contributed by atoms with van der Waals surface area (Å²) in [6.07, 6.45) is 2.80. The maximum atomic E-state index is 9.39. The zero-order valence-electron chi connectivity index (χ0n) is 8.61. The first-order valence-corrected chi connectivity index (χ1v) is 6.51. The lowest BCUT2D eigenvalue weighted by Gasteiger charge is -2.33. The van der Waals surface area contributed by atoms with E-state index >= 15 is 0 Å². The Labute approximate surface area is 92.3 Å². The quantitative estimate of drug-likeness (QED) is 0.734. The molecule has 1 fully saturated rings. The summed E-state index contributed by atoms with van der Waals surface area (Å²) in [4.78, 5) is 0. The number of nitriles is 1. The van der Waals surface area contributed by atoms with Crippen molar-refractivity contribution in [3.05, 3.63) is 35.9 Å². The standard InChI is InChI=1S/C12H15N2P/c13-8-12(7-6-11(14)15-9-12)10-4-2-1-3-5-10/h1-5,11,15H,6-7,9,14H2/t11-,12+/m1/s1. The molecular formula is C12H15N2P. The van der Waals surface area contributed by atoms with Gasteiger partial charge < -0.3 is 5.73 Å². The fourth-order valence-corrected chi connectivity index (χ4v) is 3.48. The van der Waals surface area contributed by atoms with Crippen LogP contribution in [0.3, 0.4) is 0 Å². The smallest absolute Gasteiger partial charge is 0.0860 e. The van der Waals surface area contributed by atoms with Crippen molar-refractivity contribution < 1.29 is 0 Å². The second kappa shape index (κ2) is 4.31. The normalized spacial score (nSPS) is 32.4. The molecule has 0 radical (unpaired) electrons. The second-order valence-corrected chi connectivity index (χ2v) is 5.59. The van der Waals surface area contributed by atoms with Crippen molar-refractivity contribution in [1.82, 2.24) is 0 Å². The SMILES string of the molecule is N#C[C@@]1(c2ccccc2)CC[C@H](N)PC1. The molecule has 2 rings (SSSR count). The highest BCUT2D eigenvalue weighted by atomic mass is 31.1. The van der Waals surface area contributed by atoms with Crippen LogP contribution in [-0.4, -0.2) is 11.9 Å². The van der Waals surface area contributed by atoms with Gasteiger partial charge in [0.2, 0.25) is 0 Å². The molecule has 1 aromatic rings. The molecule has 0 saturated carbocycles. The predicted molar refractivity (Wildman–Crippen MR) is 64.1 cm³/mol. The fraction of sp³-hybridized carbons (Fsp3) is 0.417. The molecule has 15 heavy (non-hydrogen) atoms. The summed E-state index contributed by atoms with van der Waals surface area (Å²) >= 11 is 0. The summed E-state index contributed by atoms with van der Waals surface area (Å²) in [7, 11) is 0.714. The van der Waals surface area contributed by atoms with Gasteiger partial charge in [-0.05, 0) is 24.6 Å². The Kier molecular flexibility index (Phi) is 3.05. The third-order valence-electron chi connectivity index (χ3n) is 3.09.